The summed E-state index contributed by atoms with van der Waals surface area (Å²) >= 11 is 0. The van der Waals surface area contributed by atoms with Gasteiger partial charge in [-0.25, -0.2) is 8.42 Å². The molecule has 0 fully saturated rings. The molecule has 76 valence electrons. The van der Waals surface area contributed by atoms with Gasteiger partial charge in [0.05, 0.1) is 11.9 Å². The lowest BCUT2D eigenvalue weighted by molar-refractivity contribution is 0.601. The molecule has 1 N–H and O–H groups in total. The molecule has 0 aromatic carbocycles. The molecular formula is C7H10N4O2S. The standard InChI is InChI=1S/C7H10N4O2S/c1-3-14(12,13)10-7-6(4-8)5-9-11(7)2/h5,10H,3H2,1-2H3. The van der Waals surface area contributed by atoms with Crippen LogP contribution in [0.15, 0.2) is 6.20 Å². The zero-order valence-corrected chi connectivity index (χ0v) is 8.67. The number of aromatic nitrogens is 2. The minimum atomic E-state index is -3.36. The van der Waals surface area contributed by atoms with Crippen molar-refractivity contribution in [2.45, 2.75) is 6.92 Å². The summed E-state index contributed by atoms with van der Waals surface area (Å²) in [5.74, 6) is 0.164. The second kappa shape index (κ2) is 3.67. The molecule has 0 unspecified atom stereocenters. The van der Waals surface area contributed by atoms with Crippen molar-refractivity contribution >= 4 is 15.8 Å². The van der Waals surface area contributed by atoms with E-state index in [1.807, 2.05) is 6.07 Å². The highest BCUT2D eigenvalue weighted by Gasteiger charge is 2.14. The fraction of sp³-hybridized carbons (Fsp3) is 0.429. The van der Waals surface area contributed by atoms with Crippen molar-refractivity contribution in [3.63, 3.8) is 0 Å². The Hall–Kier alpha value is -1.55. The van der Waals surface area contributed by atoms with E-state index >= 15 is 0 Å². The van der Waals surface area contributed by atoms with Crippen LogP contribution in [-0.2, 0) is 17.1 Å². The molecule has 0 aliphatic rings. The van der Waals surface area contributed by atoms with Gasteiger partial charge in [0.2, 0.25) is 10.0 Å². The summed E-state index contributed by atoms with van der Waals surface area (Å²) in [6, 6.07) is 1.85. The summed E-state index contributed by atoms with van der Waals surface area (Å²) in [5, 5.41) is 12.4. The van der Waals surface area contributed by atoms with E-state index in [2.05, 4.69) is 9.82 Å². The number of nitrogens with zero attached hydrogens (tertiary/aromatic N) is 3. The van der Waals surface area contributed by atoms with Gasteiger partial charge in [0.25, 0.3) is 0 Å². The van der Waals surface area contributed by atoms with Crippen molar-refractivity contribution in [2.24, 2.45) is 7.05 Å². The second-order valence-electron chi connectivity index (χ2n) is 2.65. The van der Waals surface area contributed by atoms with E-state index in [9.17, 15) is 8.42 Å². The molecule has 0 aliphatic heterocycles. The number of hydrogen-bond donors (Lipinski definition) is 1. The van der Waals surface area contributed by atoms with Gasteiger partial charge in [-0.15, -0.1) is 0 Å². The minimum absolute atomic E-state index is 0.0386. The van der Waals surface area contributed by atoms with Crippen molar-refractivity contribution in [3.05, 3.63) is 11.8 Å². The number of nitriles is 1. The lowest BCUT2D eigenvalue weighted by Crippen LogP contribution is -2.17. The van der Waals surface area contributed by atoms with Crippen LogP contribution in [0, 0.1) is 11.3 Å². The Morgan fingerprint density at radius 3 is 2.86 bits per heavy atom. The smallest absolute Gasteiger partial charge is 0.233 e. The molecule has 1 aromatic heterocycles. The monoisotopic (exact) mass is 214 g/mol. The van der Waals surface area contributed by atoms with E-state index in [-0.39, 0.29) is 17.1 Å². The molecule has 0 atom stereocenters. The molecule has 1 aromatic rings. The third kappa shape index (κ3) is 2.03. The maximum Gasteiger partial charge on any atom is 0.233 e. The summed E-state index contributed by atoms with van der Waals surface area (Å²) in [7, 11) is -1.80. The maximum atomic E-state index is 11.2. The number of hydrogen-bond acceptors (Lipinski definition) is 4. The summed E-state index contributed by atoms with van der Waals surface area (Å²) in [4.78, 5) is 0. The van der Waals surface area contributed by atoms with Gasteiger partial charge in [0.1, 0.15) is 11.6 Å². The Balaban J connectivity index is 3.09. The fourth-order valence-corrected chi connectivity index (χ4v) is 1.54. The van der Waals surface area contributed by atoms with E-state index in [1.54, 1.807) is 7.05 Å². The van der Waals surface area contributed by atoms with Gasteiger partial charge in [-0.05, 0) is 6.92 Å². The molecule has 14 heavy (non-hydrogen) atoms. The molecule has 0 spiro atoms. The van der Waals surface area contributed by atoms with E-state index < -0.39 is 10.0 Å². The van der Waals surface area contributed by atoms with Crippen LogP contribution in [0.3, 0.4) is 0 Å². The number of aryl methyl sites for hydroxylation is 1. The van der Waals surface area contributed by atoms with Gasteiger partial charge in [-0.2, -0.15) is 10.4 Å². The number of anilines is 1. The molecule has 7 heteroatoms. The zero-order chi connectivity index (χ0) is 10.8. The molecule has 0 saturated heterocycles. The van der Waals surface area contributed by atoms with Crippen LogP contribution >= 0.6 is 0 Å². The maximum absolute atomic E-state index is 11.2. The zero-order valence-electron chi connectivity index (χ0n) is 7.85. The van der Waals surface area contributed by atoms with Gasteiger partial charge < -0.3 is 0 Å². The van der Waals surface area contributed by atoms with Gasteiger partial charge in [0.15, 0.2) is 5.82 Å². The Morgan fingerprint density at radius 1 is 1.71 bits per heavy atom. The Bertz CT molecular complexity index is 468. The fourth-order valence-electron chi connectivity index (χ4n) is 0.860. The van der Waals surface area contributed by atoms with E-state index in [4.69, 9.17) is 5.26 Å². The Labute approximate surface area is 82.2 Å². The highest BCUT2D eigenvalue weighted by Crippen LogP contribution is 2.13. The third-order valence-electron chi connectivity index (χ3n) is 1.69. The first-order chi connectivity index (χ1) is 6.50. The predicted molar refractivity (Wildman–Crippen MR) is 51.0 cm³/mol. The average Bonchev–Trinajstić information content (AvgIpc) is 2.48. The quantitative estimate of drug-likeness (QED) is 0.770. The summed E-state index contributed by atoms with van der Waals surface area (Å²) in [6.07, 6.45) is 1.31. The molecule has 6 nitrogen and oxygen atoms in total. The highest BCUT2D eigenvalue weighted by atomic mass is 32.2. The SMILES string of the molecule is CCS(=O)(=O)Nc1c(C#N)cnn1C. The summed E-state index contributed by atoms with van der Waals surface area (Å²) < 4.78 is 26.0. The molecule has 1 heterocycles. The number of rotatable bonds is 3. The van der Waals surface area contributed by atoms with Crippen molar-refractivity contribution in [2.75, 3.05) is 10.5 Å². The van der Waals surface area contributed by atoms with Crippen LogP contribution in [0.2, 0.25) is 0 Å². The second-order valence-corrected chi connectivity index (χ2v) is 4.66. The van der Waals surface area contributed by atoms with Gasteiger partial charge in [-0.3, -0.25) is 9.40 Å². The van der Waals surface area contributed by atoms with Gasteiger partial charge >= 0.3 is 0 Å². The van der Waals surface area contributed by atoms with Crippen LogP contribution < -0.4 is 4.72 Å². The molecular weight excluding hydrogens is 204 g/mol. The van der Waals surface area contributed by atoms with E-state index in [0.29, 0.717) is 0 Å². The molecule has 0 saturated carbocycles. The van der Waals surface area contributed by atoms with Crippen molar-refractivity contribution < 1.29 is 8.42 Å². The summed E-state index contributed by atoms with van der Waals surface area (Å²) in [5.41, 5.74) is 0.213. The molecule has 1 rings (SSSR count). The number of sulfonamides is 1. The molecule has 0 amide bonds. The predicted octanol–water partition coefficient (Wildman–Crippen LogP) is 0.0534. The van der Waals surface area contributed by atoms with Gasteiger partial charge in [-0.1, -0.05) is 0 Å². The normalized spacial score (nSPS) is 10.9. The first-order valence-electron chi connectivity index (χ1n) is 3.92. The van der Waals surface area contributed by atoms with Crippen LogP contribution in [0.25, 0.3) is 0 Å². The Kier molecular flexibility index (Phi) is 2.76. The van der Waals surface area contributed by atoms with Crippen LogP contribution in [-0.4, -0.2) is 24.0 Å². The average molecular weight is 214 g/mol. The van der Waals surface area contributed by atoms with E-state index in [1.165, 1.54) is 17.8 Å². The summed E-state index contributed by atoms with van der Waals surface area (Å²) in [6.45, 7) is 1.52. The first-order valence-corrected chi connectivity index (χ1v) is 5.58. The van der Waals surface area contributed by atoms with Gasteiger partial charge in [0, 0.05) is 7.05 Å². The van der Waals surface area contributed by atoms with E-state index in [0.717, 1.165) is 0 Å². The number of nitrogens with one attached hydrogen (secondary N) is 1. The molecule has 0 radical (unpaired) electrons. The van der Waals surface area contributed by atoms with Crippen molar-refractivity contribution in [1.29, 1.82) is 5.26 Å². The first kappa shape index (κ1) is 10.5. The lowest BCUT2D eigenvalue weighted by Gasteiger charge is -2.05. The van der Waals surface area contributed by atoms with Crippen molar-refractivity contribution in [1.82, 2.24) is 9.78 Å². The topological polar surface area (TPSA) is 87.8 Å². The lowest BCUT2D eigenvalue weighted by atomic mass is 10.4. The highest BCUT2D eigenvalue weighted by molar-refractivity contribution is 7.92. The molecule has 0 bridgehead atoms. The van der Waals surface area contributed by atoms with Crippen LogP contribution in [0.4, 0.5) is 5.82 Å². The Morgan fingerprint density at radius 2 is 2.36 bits per heavy atom. The van der Waals surface area contributed by atoms with Crippen LogP contribution in [0.5, 0.6) is 0 Å². The third-order valence-corrected chi connectivity index (χ3v) is 2.96. The minimum Gasteiger partial charge on any atom is -0.266 e. The largest absolute Gasteiger partial charge is 0.266 e. The molecule has 0 aliphatic carbocycles. The van der Waals surface area contributed by atoms with Crippen molar-refractivity contribution in [3.8, 4) is 6.07 Å². The van der Waals surface area contributed by atoms with Crippen LogP contribution in [0.1, 0.15) is 12.5 Å².